The Labute approximate surface area is 98.1 Å². The van der Waals surface area contributed by atoms with Gasteiger partial charge < -0.3 is 15.2 Å². The van der Waals surface area contributed by atoms with Crippen molar-refractivity contribution in [3.05, 3.63) is 20.8 Å². The molecule has 0 radical (unpaired) electrons. The average Bonchev–Trinajstić information content (AvgIpc) is 2.59. The predicted molar refractivity (Wildman–Crippen MR) is 61.6 cm³/mol. The molecule has 2 N–H and O–H groups in total. The van der Waals surface area contributed by atoms with E-state index in [0.717, 1.165) is 14.8 Å². The Morgan fingerprint density at radius 2 is 2.40 bits per heavy atom. The number of halogens is 1. The fraction of sp³-hybridized carbons (Fsp3) is 0.600. The maximum Gasteiger partial charge on any atom is 0.101 e. The van der Waals surface area contributed by atoms with E-state index >= 15 is 0 Å². The molecule has 1 saturated heterocycles. The predicted octanol–water partition coefficient (Wildman–Crippen LogP) is 2.13. The number of thiophene rings is 1. The van der Waals surface area contributed by atoms with Gasteiger partial charge in [-0.05, 0) is 18.6 Å². The molecule has 1 aromatic rings. The van der Waals surface area contributed by atoms with Gasteiger partial charge in [0.1, 0.15) is 6.10 Å². The highest BCUT2D eigenvalue weighted by Gasteiger charge is 2.25. The second-order valence-electron chi connectivity index (χ2n) is 3.62. The van der Waals surface area contributed by atoms with Crippen molar-refractivity contribution in [2.24, 2.45) is 5.73 Å². The van der Waals surface area contributed by atoms with E-state index in [1.54, 1.807) is 0 Å². The van der Waals surface area contributed by atoms with E-state index in [9.17, 15) is 0 Å². The third-order valence-corrected chi connectivity index (χ3v) is 4.10. The summed E-state index contributed by atoms with van der Waals surface area (Å²) in [5.41, 5.74) is 7.17. The van der Waals surface area contributed by atoms with Gasteiger partial charge in [0.05, 0.1) is 30.2 Å². The Bertz CT molecular complexity index is 317. The minimum absolute atomic E-state index is 0.0483. The Hall–Kier alpha value is -0.130. The van der Waals surface area contributed by atoms with Gasteiger partial charge in [-0.25, -0.2) is 0 Å². The Morgan fingerprint density at radius 3 is 2.93 bits per heavy atom. The summed E-state index contributed by atoms with van der Waals surface area (Å²) in [6.07, 6.45) is -0.0483. The summed E-state index contributed by atoms with van der Waals surface area (Å²) in [5.74, 6) is 0. The van der Waals surface area contributed by atoms with Crippen LogP contribution < -0.4 is 5.73 Å². The van der Waals surface area contributed by atoms with Crippen LogP contribution in [0.2, 0.25) is 4.34 Å². The van der Waals surface area contributed by atoms with Crippen molar-refractivity contribution >= 4 is 22.9 Å². The van der Waals surface area contributed by atoms with E-state index < -0.39 is 0 Å². The quantitative estimate of drug-likeness (QED) is 0.871. The van der Waals surface area contributed by atoms with Crippen LogP contribution in [0.5, 0.6) is 0 Å². The minimum Gasteiger partial charge on any atom is -0.376 e. The van der Waals surface area contributed by atoms with Gasteiger partial charge in [0.2, 0.25) is 0 Å². The van der Waals surface area contributed by atoms with Crippen LogP contribution in [0.25, 0.3) is 0 Å². The smallest absolute Gasteiger partial charge is 0.101 e. The highest BCUT2D eigenvalue weighted by atomic mass is 35.5. The van der Waals surface area contributed by atoms with E-state index in [4.69, 9.17) is 26.8 Å². The summed E-state index contributed by atoms with van der Waals surface area (Å²) in [4.78, 5) is 1.06. The number of nitrogens with two attached hydrogens (primary N) is 1. The maximum absolute atomic E-state index is 6.10. The summed E-state index contributed by atoms with van der Waals surface area (Å²) in [6, 6.07) is 1.89. The van der Waals surface area contributed by atoms with E-state index in [0.29, 0.717) is 19.8 Å². The normalized spacial score (nSPS) is 24.1. The fourth-order valence-corrected chi connectivity index (χ4v) is 2.82. The molecule has 0 saturated carbocycles. The van der Waals surface area contributed by atoms with Crippen LogP contribution in [-0.4, -0.2) is 25.9 Å². The molecule has 5 heteroatoms. The lowest BCUT2D eigenvalue weighted by Crippen LogP contribution is -2.37. The third kappa shape index (κ3) is 2.52. The van der Waals surface area contributed by atoms with Crippen LogP contribution >= 0.6 is 22.9 Å². The van der Waals surface area contributed by atoms with Gasteiger partial charge in [0, 0.05) is 4.88 Å². The molecule has 1 aliphatic rings. The molecule has 0 aromatic carbocycles. The zero-order chi connectivity index (χ0) is 10.8. The molecule has 0 bridgehead atoms. The van der Waals surface area contributed by atoms with Crippen molar-refractivity contribution in [2.75, 3.05) is 19.8 Å². The van der Waals surface area contributed by atoms with Crippen molar-refractivity contribution in [2.45, 2.75) is 19.1 Å². The van der Waals surface area contributed by atoms with E-state index in [2.05, 4.69) is 0 Å². The van der Waals surface area contributed by atoms with Crippen LogP contribution in [0.15, 0.2) is 6.07 Å². The molecule has 2 rings (SSSR count). The first-order valence-electron chi connectivity index (χ1n) is 4.89. The first kappa shape index (κ1) is 11.4. The topological polar surface area (TPSA) is 44.5 Å². The van der Waals surface area contributed by atoms with Crippen LogP contribution in [-0.2, 0) is 9.47 Å². The first-order valence-corrected chi connectivity index (χ1v) is 6.08. The van der Waals surface area contributed by atoms with E-state index in [-0.39, 0.29) is 12.1 Å². The number of hydrogen-bond acceptors (Lipinski definition) is 4. The van der Waals surface area contributed by atoms with Crippen molar-refractivity contribution in [3.63, 3.8) is 0 Å². The van der Waals surface area contributed by atoms with Gasteiger partial charge in [0.25, 0.3) is 0 Å². The lowest BCUT2D eigenvalue weighted by atomic mass is 10.1. The van der Waals surface area contributed by atoms with Crippen molar-refractivity contribution in [1.29, 1.82) is 0 Å². The number of rotatable bonds is 2. The summed E-state index contributed by atoms with van der Waals surface area (Å²) in [7, 11) is 0. The molecule has 1 aliphatic heterocycles. The molecule has 15 heavy (non-hydrogen) atoms. The zero-order valence-electron chi connectivity index (χ0n) is 8.53. The second kappa shape index (κ2) is 4.80. The largest absolute Gasteiger partial charge is 0.376 e. The van der Waals surface area contributed by atoms with Gasteiger partial charge >= 0.3 is 0 Å². The van der Waals surface area contributed by atoms with Crippen molar-refractivity contribution < 1.29 is 9.47 Å². The number of ether oxygens (including phenoxy) is 2. The van der Waals surface area contributed by atoms with E-state index in [1.807, 2.05) is 13.0 Å². The third-order valence-electron chi connectivity index (χ3n) is 2.45. The molecule has 1 aromatic heterocycles. The average molecular weight is 248 g/mol. The first-order chi connectivity index (χ1) is 7.18. The highest BCUT2D eigenvalue weighted by molar-refractivity contribution is 7.16. The number of aryl methyl sites for hydroxylation is 1. The molecule has 0 spiro atoms. The summed E-state index contributed by atoms with van der Waals surface area (Å²) >= 11 is 7.52. The van der Waals surface area contributed by atoms with Gasteiger partial charge in [0.15, 0.2) is 0 Å². The van der Waals surface area contributed by atoms with Crippen LogP contribution in [0.4, 0.5) is 0 Å². The zero-order valence-corrected chi connectivity index (χ0v) is 10.1. The van der Waals surface area contributed by atoms with Gasteiger partial charge in [-0.15, -0.1) is 11.3 Å². The summed E-state index contributed by atoms with van der Waals surface area (Å²) < 4.78 is 11.7. The molecular weight excluding hydrogens is 234 g/mol. The molecule has 1 fully saturated rings. The van der Waals surface area contributed by atoms with Crippen molar-refractivity contribution in [3.8, 4) is 0 Å². The van der Waals surface area contributed by atoms with Gasteiger partial charge in [-0.2, -0.15) is 0 Å². The SMILES string of the molecule is Cc1cc(C(N)C2COCCO2)sc1Cl. The van der Waals surface area contributed by atoms with Crippen LogP contribution in [0, 0.1) is 6.92 Å². The Balaban J connectivity index is 2.08. The molecular formula is C10H14ClNO2S. The lowest BCUT2D eigenvalue weighted by Gasteiger charge is -2.27. The lowest BCUT2D eigenvalue weighted by molar-refractivity contribution is -0.0971. The highest BCUT2D eigenvalue weighted by Crippen LogP contribution is 2.32. The molecule has 2 heterocycles. The molecule has 84 valence electrons. The summed E-state index contributed by atoms with van der Waals surface area (Å²) in [5, 5.41) is 0. The molecule has 0 amide bonds. The Morgan fingerprint density at radius 1 is 1.60 bits per heavy atom. The van der Waals surface area contributed by atoms with Crippen molar-refractivity contribution in [1.82, 2.24) is 0 Å². The van der Waals surface area contributed by atoms with Crippen LogP contribution in [0.1, 0.15) is 16.5 Å². The second-order valence-corrected chi connectivity index (χ2v) is 5.30. The molecule has 0 aliphatic carbocycles. The maximum atomic E-state index is 6.10. The van der Waals surface area contributed by atoms with Crippen LogP contribution in [0.3, 0.4) is 0 Å². The van der Waals surface area contributed by atoms with E-state index in [1.165, 1.54) is 11.3 Å². The molecule has 2 atom stereocenters. The van der Waals surface area contributed by atoms with Gasteiger partial charge in [-0.1, -0.05) is 11.6 Å². The van der Waals surface area contributed by atoms with Gasteiger partial charge in [-0.3, -0.25) is 0 Å². The molecule has 3 nitrogen and oxygen atoms in total. The molecule has 2 unspecified atom stereocenters. The monoisotopic (exact) mass is 247 g/mol. The number of hydrogen-bond donors (Lipinski definition) is 1. The fourth-order valence-electron chi connectivity index (χ4n) is 1.54. The Kier molecular flexibility index (Phi) is 3.64. The minimum atomic E-state index is -0.138. The summed E-state index contributed by atoms with van der Waals surface area (Å²) in [6.45, 7) is 3.83. The standard InChI is InChI=1S/C10H14ClNO2S/c1-6-4-8(15-10(6)11)9(12)7-5-13-2-3-14-7/h4,7,9H,2-3,5,12H2,1H3.